The Morgan fingerprint density at radius 2 is 2.17 bits per heavy atom. The van der Waals surface area contributed by atoms with E-state index >= 15 is 0 Å². The zero-order valence-electron chi connectivity index (χ0n) is 11.9. The Balaban J connectivity index is 1.54. The van der Waals surface area contributed by atoms with E-state index in [1.54, 1.807) is 4.57 Å². The molecular formula is C15H12N4O2S2. The molecule has 1 N–H and O–H groups in total. The van der Waals surface area contributed by atoms with Crippen LogP contribution in [0.1, 0.15) is 0 Å². The van der Waals surface area contributed by atoms with Gasteiger partial charge in [0, 0.05) is 24.6 Å². The Labute approximate surface area is 139 Å². The van der Waals surface area contributed by atoms with E-state index in [0.717, 1.165) is 10.2 Å². The van der Waals surface area contributed by atoms with Crippen molar-refractivity contribution in [3.8, 4) is 0 Å². The van der Waals surface area contributed by atoms with Gasteiger partial charge in [-0.3, -0.25) is 14.2 Å². The molecule has 0 aliphatic carbocycles. The second-order valence-corrected chi connectivity index (χ2v) is 7.18. The third-order valence-electron chi connectivity index (χ3n) is 3.61. The van der Waals surface area contributed by atoms with E-state index < -0.39 is 0 Å². The van der Waals surface area contributed by atoms with Gasteiger partial charge in [0.05, 0.1) is 16.1 Å². The number of anilines is 1. The molecule has 0 bridgehead atoms. The number of hydrogen-bond acceptors (Lipinski definition) is 6. The lowest BCUT2D eigenvalue weighted by molar-refractivity contribution is -0.119. The van der Waals surface area contributed by atoms with Gasteiger partial charge >= 0.3 is 0 Å². The van der Waals surface area contributed by atoms with Gasteiger partial charge < -0.3 is 5.32 Å². The molecule has 3 heterocycles. The van der Waals surface area contributed by atoms with E-state index in [4.69, 9.17) is 0 Å². The van der Waals surface area contributed by atoms with Gasteiger partial charge in [-0.2, -0.15) is 0 Å². The maximum atomic E-state index is 12.5. The smallest absolute Gasteiger partial charge is 0.254 e. The Morgan fingerprint density at radius 3 is 3.04 bits per heavy atom. The van der Waals surface area contributed by atoms with Crippen molar-refractivity contribution in [2.24, 2.45) is 5.92 Å². The van der Waals surface area contributed by atoms with Gasteiger partial charge in [-0.05, 0) is 12.1 Å². The molecule has 0 spiro atoms. The largest absolute Gasteiger partial charge is 0.302 e. The molecule has 0 saturated heterocycles. The zero-order valence-corrected chi connectivity index (χ0v) is 13.6. The number of hydrogen-bond donors (Lipinski definition) is 1. The standard InChI is InChI=1S/C15H12N4O2S2/c20-12-5-6-16-15-19(12)7-9(8-22-15)13(21)18-14-17-10-3-1-2-4-11(10)23-14/h1-6,9H,7-8H2,(H,17,18,21). The third kappa shape index (κ3) is 2.75. The predicted octanol–water partition coefficient (Wildman–Crippen LogP) is 2.21. The first-order chi connectivity index (χ1) is 11.2. The highest BCUT2D eigenvalue weighted by atomic mass is 32.2. The summed E-state index contributed by atoms with van der Waals surface area (Å²) < 4.78 is 2.59. The summed E-state index contributed by atoms with van der Waals surface area (Å²) in [6.07, 6.45) is 1.50. The molecule has 1 amide bonds. The predicted molar refractivity (Wildman–Crippen MR) is 91.0 cm³/mol. The summed E-state index contributed by atoms with van der Waals surface area (Å²) in [7, 11) is 0. The highest BCUT2D eigenvalue weighted by Crippen LogP contribution is 2.28. The van der Waals surface area contributed by atoms with Gasteiger partial charge in [0.1, 0.15) is 0 Å². The lowest BCUT2D eigenvalue weighted by atomic mass is 10.1. The number of nitrogens with zero attached hydrogens (tertiary/aromatic N) is 3. The average Bonchev–Trinajstić information content (AvgIpc) is 2.97. The van der Waals surface area contributed by atoms with Crippen molar-refractivity contribution in [2.45, 2.75) is 11.7 Å². The summed E-state index contributed by atoms with van der Waals surface area (Å²) in [6.45, 7) is 0.353. The summed E-state index contributed by atoms with van der Waals surface area (Å²) in [5.74, 6) is 0.215. The summed E-state index contributed by atoms with van der Waals surface area (Å²) in [5, 5.41) is 4.13. The first-order valence-electron chi connectivity index (χ1n) is 7.06. The SMILES string of the molecule is O=C(Nc1nc2ccccc2s1)C1CSc2nccc(=O)n2C1. The van der Waals surface area contributed by atoms with E-state index in [2.05, 4.69) is 15.3 Å². The van der Waals surface area contributed by atoms with Gasteiger partial charge in [0.2, 0.25) is 5.91 Å². The Morgan fingerprint density at radius 1 is 1.30 bits per heavy atom. The van der Waals surface area contributed by atoms with Gasteiger partial charge in [0.15, 0.2) is 10.3 Å². The van der Waals surface area contributed by atoms with Crippen LogP contribution in [0.3, 0.4) is 0 Å². The van der Waals surface area contributed by atoms with Crippen molar-refractivity contribution < 1.29 is 4.79 Å². The van der Waals surface area contributed by atoms with Crippen LogP contribution in [-0.2, 0) is 11.3 Å². The normalized spacial score (nSPS) is 17.0. The molecule has 2 aromatic heterocycles. The van der Waals surface area contributed by atoms with Crippen molar-refractivity contribution in [3.63, 3.8) is 0 Å². The molecule has 4 rings (SSSR count). The summed E-state index contributed by atoms with van der Waals surface area (Å²) in [4.78, 5) is 32.9. The Kier molecular flexibility index (Phi) is 3.62. The van der Waals surface area contributed by atoms with Gasteiger partial charge in [-0.15, -0.1) is 0 Å². The maximum absolute atomic E-state index is 12.5. The van der Waals surface area contributed by atoms with E-state index in [9.17, 15) is 9.59 Å². The minimum atomic E-state index is -0.276. The Bertz CT molecular complexity index is 917. The number of thiazole rings is 1. The van der Waals surface area contributed by atoms with Crippen LogP contribution in [0.25, 0.3) is 10.2 Å². The molecule has 0 radical (unpaired) electrons. The molecule has 8 heteroatoms. The van der Waals surface area contributed by atoms with Crippen LogP contribution < -0.4 is 10.9 Å². The number of aromatic nitrogens is 3. The number of fused-ring (bicyclic) bond motifs is 2. The van der Waals surface area contributed by atoms with Gasteiger partial charge in [0.25, 0.3) is 5.56 Å². The lowest BCUT2D eigenvalue weighted by Gasteiger charge is -2.23. The molecular weight excluding hydrogens is 332 g/mol. The molecule has 3 aromatic rings. The average molecular weight is 344 g/mol. The number of carbonyl (C=O) groups excluding carboxylic acids is 1. The van der Waals surface area contributed by atoms with Crippen LogP contribution in [0.2, 0.25) is 0 Å². The summed E-state index contributed by atoms with van der Waals surface area (Å²) >= 11 is 2.88. The molecule has 116 valence electrons. The van der Waals surface area contributed by atoms with E-state index in [-0.39, 0.29) is 17.4 Å². The molecule has 1 aliphatic rings. The zero-order chi connectivity index (χ0) is 15.8. The van der Waals surface area contributed by atoms with E-state index in [1.165, 1.54) is 35.4 Å². The number of thioether (sulfide) groups is 1. The monoisotopic (exact) mass is 344 g/mol. The quantitative estimate of drug-likeness (QED) is 0.721. The lowest BCUT2D eigenvalue weighted by Crippen LogP contribution is -2.36. The minimum absolute atomic E-state index is 0.113. The number of rotatable bonds is 2. The van der Waals surface area contributed by atoms with Crippen molar-refractivity contribution in [2.75, 3.05) is 11.1 Å². The van der Waals surface area contributed by atoms with Crippen molar-refractivity contribution in [3.05, 3.63) is 46.9 Å². The number of carbonyl (C=O) groups is 1. The second kappa shape index (κ2) is 5.78. The summed E-state index contributed by atoms with van der Waals surface area (Å²) in [6, 6.07) is 9.17. The van der Waals surface area contributed by atoms with Crippen molar-refractivity contribution in [1.29, 1.82) is 0 Å². The van der Waals surface area contributed by atoms with Crippen molar-refractivity contribution >= 4 is 44.4 Å². The molecule has 23 heavy (non-hydrogen) atoms. The van der Waals surface area contributed by atoms with Gasteiger partial charge in [-0.1, -0.05) is 35.2 Å². The number of amides is 1. The van der Waals surface area contributed by atoms with Crippen LogP contribution in [0.5, 0.6) is 0 Å². The van der Waals surface area contributed by atoms with Crippen LogP contribution in [-0.4, -0.2) is 26.2 Å². The highest BCUT2D eigenvalue weighted by molar-refractivity contribution is 7.99. The molecule has 6 nitrogen and oxygen atoms in total. The summed E-state index contributed by atoms with van der Waals surface area (Å²) in [5.41, 5.74) is 0.747. The molecule has 1 atom stereocenters. The fraction of sp³-hybridized carbons (Fsp3) is 0.200. The topological polar surface area (TPSA) is 76.9 Å². The second-order valence-electron chi connectivity index (χ2n) is 5.16. The number of benzene rings is 1. The molecule has 1 aromatic carbocycles. The van der Waals surface area contributed by atoms with Crippen LogP contribution in [0, 0.1) is 5.92 Å². The molecule has 1 aliphatic heterocycles. The van der Waals surface area contributed by atoms with Crippen LogP contribution in [0.4, 0.5) is 5.13 Å². The molecule has 0 fully saturated rings. The van der Waals surface area contributed by atoms with Gasteiger partial charge in [-0.25, -0.2) is 9.97 Å². The van der Waals surface area contributed by atoms with E-state index in [1.807, 2.05) is 24.3 Å². The molecule has 0 saturated carbocycles. The Hall–Kier alpha value is -2.19. The maximum Gasteiger partial charge on any atom is 0.254 e. The number of nitrogens with one attached hydrogen (secondary N) is 1. The first kappa shape index (κ1) is 14.4. The van der Waals surface area contributed by atoms with E-state index in [0.29, 0.717) is 22.6 Å². The fourth-order valence-corrected chi connectivity index (χ4v) is 4.37. The number of para-hydroxylation sites is 1. The van der Waals surface area contributed by atoms with Crippen LogP contribution >= 0.6 is 23.1 Å². The fourth-order valence-electron chi connectivity index (χ4n) is 2.44. The van der Waals surface area contributed by atoms with Crippen LogP contribution in [0.15, 0.2) is 46.5 Å². The molecule has 1 unspecified atom stereocenters. The first-order valence-corrected chi connectivity index (χ1v) is 8.86. The highest BCUT2D eigenvalue weighted by Gasteiger charge is 2.27. The van der Waals surface area contributed by atoms with Crippen molar-refractivity contribution in [1.82, 2.24) is 14.5 Å². The minimum Gasteiger partial charge on any atom is -0.302 e. The third-order valence-corrected chi connectivity index (χ3v) is 5.72.